The molecule has 0 atom stereocenters. The highest BCUT2D eigenvalue weighted by atomic mass is 16.7. The number of carbonyl (C=O) groups excluding carboxylic acids is 2. The Hall–Kier alpha value is -3.28. The second kappa shape index (κ2) is 7.31. The summed E-state index contributed by atoms with van der Waals surface area (Å²) in [6, 6.07) is 12.9. The molecule has 3 aromatic rings. The van der Waals surface area contributed by atoms with Crippen LogP contribution in [0.15, 0.2) is 42.5 Å². The van der Waals surface area contributed by atoms with E-state index in [1.54, 1.807) is 18.2 Å². The molecule has 3 rings (SSSR count). The van der Waals surface area contributed by atoms with Crippen molar-refractivity contribution in [1.82, 2.24) is 0 Å². The fourth-order valence-electron chi connectivity index (χ4n) is 2.84. The molecule has 0 aliphatic rings. The van der Waals surface area contributed by atoms with E-state index in [0.29, 0.717) is 33.0 Å². The standard InChI is InChI=1S/C20H18O6/c1-4-12-9-10-15-16(11-12)18(26-20(22)24-3)14-8-6-5-7-13(14)17(15)25-19(21)23-2/h5-11H,4H2,1-3H3. The van der Waals surface area contributed by atoms with Crippen LogP contribution >= 0.6 is 0 Å². The number of hydrogen-bond acceptors (Lipinski definition) is 6. The Kier molecular flexibility index (Phi) is 4.93. The van der Waals surface area contributed by atoms with Crippen molar-refractivity contribution in [3.8, 4) is 11.5 Å². The molecule has 0 saturated heterocycles. The van der Waals surface area contributed by atoms with Gasteiger partial charge in [-0.2, -0.15) is 0 Å². The van der Waals surface area contributed by atoms with Crippen LogP contribution in [0.5, 0.6) is 11.5 Å². The van der Waals surface area contributed by atoms with E-state index in [9.17, 15) is 9.59 Å². The maximum atomic E-state index is 11.8. The van der Waals surface area contributed by atoms with Gasteiger partial charge in [0.05, 0.1) is 14.2 Å². The minimum Gasteiger partial charge on any atom is -0.437 e. The molecule has 26 heavy (non-hydrogen) atoms. The molecule has 0 aliphatic carbocycles. The second-order valence-corrected chi connectivity index (χ2v) is 5.55. The van der Waals surface area contributed by atoms with Crippen molar-refractivity contribution in [3.05, 3.63) is 48.0 Å². The molecule has 0 bridgehead atoms. The average Bonchev–Trinajstić information content (AvgIpc) is 2.69. The van der Waals surface area contributed by atoms with Gasteiger partial charge in [0.15, 0.2) is 0 Å². The average molecular weight is 354 g/mol. The molecular formula is C20H18O6. The molecule has 6 nitrogen and oxygen atoms in total. The SMILES string of the molecule is CCc1ccc2c(OC(=O)OC)c3ccccc3c(OC(=O)OC)c2c1. The first-order valence-electron chi connectivity index (χ1n) is 8.08. The van der Waals surface area contributed by atoms with E-state index in [4.69, 9.17) is 9.47 Å². The molecule has 0 spiro atoms. The highest BCUT2D eigenvalue weighted by Crippen LogP contribution is 2.43. The Bertz CT molecular complexity index is 992. The van der Waals surface area contributed by atoms with Gasteiger partial charge in [-0.25, -0.2) is 9.59 Å². The zero-order valence-corrected chi connectivity index (χ0v) is 14.7. The Morgan fingerprint density at radius 2 is 1.27 bits per heavy atom. The molecule has 3 aromatic carbocycles. The molecule has 134 valence electrons. The summed E-state index contributed by atoms with van der Waals surface area (Å²) in [6.07, 6.45) is -0.842. The van der Waals surface area contributed by atoms with Gasteiger partial charge in [0.1, 0.15) is 11.5 Å². The van der Waals surface area contributed by atoms with E-state index in [1.165, 1.54) is 14.2 Å². The predicted molar refractivity (Wildman–Crippen MR) is 96.9 cm³/mol. The van der Waals surface area contributed by atoms with Crippen molar-refractivity contribution >= 4 is 33.9 Å². The van der Waals surface area contributed by atoms with Gasteiger partial charge < -0.3 is 18.9 Å². The summed E-state index contributed by atoms with van der Waals surface area (Å²) in [5.74, 6) is 0.706. The lowest BCUT2D eigenvalue weighted by Gasteiger charge is -2.16. The van der Waals surface area contributed by atoms with Crippen molar-refractivity contribution in [2.45, 2.75) is 13.3 Å². The monoisotopic (exact) mass is 354 g/mol. The van der Waals surface area contributed by atoms with Crippen molar-refractivity contribution < 1.29 is 28.5 Å². The van der Waals surface area contributed by atoms with Crippen LogP contribution in [0.4, 0.5) is 9.59 Å². The Morgan fingerprint density at radius 3 is 1.77 bits per heavy atom. The van der Waals surface area contributed by atoms with Crippen molar-refractivity contribution in [1.29, 1.82) is 0 Å². The van der Waals surface area contributed by atoms with E-state index in [0.717, 1.165) is 12.0 Å². The molecule has 0 heterocycles. The van der Waals surface area contributed by atoms with Crippen LogP contribution < -0.4 is 9.47 Å². The summed E-state index contributed by atoms with van der Waals surface area (Å²) in [5.41, 5.74) is 1.05. The van der Waals surface area contributed by atoms with Gasteiger partial charge >= 0.3 is 12.3 Å². The quantitative estimate of drug-likeness (QED) is 0.380. The van der Waals surface area contributed by atoms with Crippen LogP contribution in [0, 0.1) is 0 Å². The molecular weight excluding hydrogens is 336 g/mol. The summed E-state index contributed by atoms with van der Waals surface area (Å²) >= 11 is 0. The highest BCUT2D eigenvalue weighted by Gasteiger charge is 2.20. The fraction of sp³-hybridized carbons (Fsp3) is 0.200. The number of fused-ring (bicyclic) bond motifs is 2. The van der Waals surface area contributed by atoms with E-state index in [2.05, 4.69) is 9.47 Å². The zero-order valence-electron chi connectivity index (χ0n) is 14.7. The highest BCUT2D eigenvalue weighted by molar-refractivity contribution is 6.12. The van der Waals surface area contributed by atoms with E-state index >= 15 is 0 Å². The molecule has 0 radical (unpaired) electrons. The fourth-order valence-corrected chi connectivity index (χ4v) is 2.84. The summed E-state index contributed by atoms with van der Waals surface area (Å²) in [6.45, 7) is 2.02. The van der Waals surface area contributed by atoms with Crippen LogP contribution in [0.1, 0.15) is 12.5 Å². The first-order chi connectivity index (χ1) is 12.6. The number of carbonyl (C=O) groups is 2. The van der Waals surface area contributed by atoms with Gasteiger partial charge in [-0.3, -0.25) is 0 Å². The molecule has 0 saturated carbocycles. The minimum absolute atomic E-state index is 0.349. The Balaban J connectivity index is 2.40. The molecule has 0 amide bonds. The number of ether oxygens (including phenoxy) is 4. The largest absolute Gasteiger partial charge is 0.513 e. The Morgan fingerprint density at radius 1 is 0.769 bits per heavy atom. The molecule has 0 unspecified atom stereocenters. The number of hydrogen-bond donors (Lipinski definition) is 0. The third-order valence-electron chi connectivity index (χ3n) is 4.10. The van der Waals surface area contributed by atoms with E-state index in [1.807, 2.05) is 31.2 Å². The van der Waals surface area contributed by atoms with Crippen LogP contribution in [0.3, 0.4) is 0 Å². The lowest BCUT2D eigenvalue weighted by molar-refractivity contribution is 0.120. The summed E-state index contributed by atoms with van der Waals surface area (Å²) in [7, 11) is 2.50. The number of rotatable bonds is 3. The van der Waals surface area contributed by atoms with Gasteiger partial charge in [0.2, 0.25) is 0 Å². The lowest BCUT2D eigenvalue weighted by atomic mass is 9.98. The topological polar surface area (TPSA) is 71.1 Å². The van der Waals surface area contributed by atoms with E-state index < -0.39 is 12.3 Å². The smallest absolute Gasteiger partial charge is 0.437 e. The number of methoxy groups -OCH3 is 2. The van der Waals surface area contributed by atoms with Gasteiger partial charge in [-0.1, -0.05) is 43.3 Å². The van der Waals surface area contributed by atoms with E-state index in [-0.39, 0.29) is 0 Å². The molecule has 0 fully saturated rings. The number of benzene rings is 3. The molecule has 0 aromatic heterocycles. The molecule has 0 N–H and O–H groups in total. The van der Waals surface area contributed by atoms with Crippen LogP contribution in [0.25, 0.3) is 21.5 Å². The first kappa shape index (κ1) is 17.5. The van der Waals surface area contributed by atoms with Crippen LogP contribution in [-0.4, -0.2) is 26.5 Å². The maximum absolute atomic E-state index is 11.8. The third-order valence-corrected chi connectivity index (χ3v) is 4.10. The van der Waals surface area contributed by atoms with Gasteiger partial charge in [0, 0.05) is 21.5 Å². The van der Waals surface area contributed by atoms with Gasteiger partial charge in [-0.05, 0) is 18.1 Å². The van der Waals surface area contributed by atoms with Crippen molar-refractivity contribution in [2.75, 3.05) is 14.2 Å². The van der Waals surface area contributed by atoms with Gasteiger partial charge in [-0.15, -0.1) is 0 Å². The summed E-state index contributed by atoms with van der Waals surface area (Å²) < 4.78 is 20.2. The Labute approximate surface area is 150 Å². The lowest BCUT2D eigenvalue weighted by Crippen LogP contribution is -2.10. The van der Waals surface area contributed by atoms with Crippen LogP contribution in [-0.2, 0) is 15.9 Å². The summed E-state index contributed by atoms with van der Waals surface area (Å²) in [5, 5.41) is 2.52. The predicted octanol–water partition coefficient (Wildman–Crippen LogP) is 4.85. The molecule has 6 heteroatoms. The first-order valence-corrected chi connectivity index (χ1v) is 8.08. The third kappa shape index (κ3) is 3.13. The maximum Gasteiger partial charge on any atom is 0.513 e. The normalized spacial score (nSPS) is 10.6. The molecule has 0 aliphatic heterocycles. The van der Waals surface area contributed by atoms with Crippen molar-refractivity contribution in [3.63, 3.8) is 0 Å². The van der Waals surface area contributed by atoms with Crippen molar-refractivity contribution in [2.24, 2.45) is 0 Å². The zero-order chi connectivity index (χ0) is 18.7. The summed E-state index contributed by atoms with van der Waals surface area (Å²) in [4.78, 5) is 23.5. The second-order valence-electron chi connectivity index (χ2n) is 5.55. The minimum atomic E-state index is -0.822. The van der Waals surface area contributed by atoms with Gasteiger partial charge in [0.25, 0.3) is 0 Å². The number of aryl methyl sites for hydroxylation is 1. The van der Waals surface area contributed by atoms with Crippen LogP contribution in [0.2, 0.25) is 0 Å².